The summed E-state index contributed by atoms with van der Waals surface area (Å²) in [6, 6.07) is 0.570. The molecule has 0 atom stereocenters. The highest BCUT2D eigenvalue weighted by atomic mass is 79.9. The van der Waals surface area contributed by atoms with Crippen LogP contribution in [0.15, 0.2) is 20.9 Å². The largest absolute Gasteiger partial charge is 0.368 e. The van der Waals surface area contributed by atoms with Crippen molar-refractivity contribution < 1.29 is 0 Å². The highest BCUT2D eigenvalue weighted by Gasteiger charge is 2.36. The van der Waals surface area contributed by atoms with Gasteiger partial charge < -0.3 is 10.3 Å². The molecule has 2 saturated carbocycles. The Hall–Kier alpha value is -1.15. The molecule has 0 bridgehead atoms. The number of nitrogen functional groups attached to an aromatic ring is 1. The number of nitrogens with two attached hydrogens (primary N) is 1. The molecule has 104 valence electrons. The minimum atomic E-state index is 0.274. The van der Waals surface area contributed by atoms with Crippen molar-refractivity contribution in [3.05, 3.63) is 16.5 Å². The highest BCUT2D eigenvalue weighted by Crippen LogP contribution is 2.47. The normalized spacial score (nSPS) is 18.4. The molecule has 8 heteroatoms. The van der Waals surface area contributed by atoms with Crippen LogP contribution in [-0.4, -0.2) is 24.7 Å². The zero-order chi connectivity index (χ0) is 13.7. The quantitative estimate of drug-likeness (QED) is 0.851. The summed E-state index contributed by atoms with van der Waals surface area (Å²) in [5.74, 6) is 2.03. The fourth-order valence-electron chi connectivity index (χ4n) is 2.18. The lowest BCUT2D eigenvalue weighted by molar-refractivity contribution is 0.626. The molecular weight excluding hydrogens is 340 g/mol. The van der Waals surface area contributed by atoms with Gasteiger partial charge in [-0.3, -0.25) is 0 Å². The molecule has 2 heterocycles. The van der Waals surface area contributed by atoms with Crippen LogP contribution in [0.2, 0.25) is 0 Å². The first-order valence-electron chi connectivity index (χ1n) is 6.63. The number of hydrogen-bond acceptors (Lipinski definition) is 6. The number of nitrogens with zero attached hydrogens (tertiary/aromatic N) is 5. The van der Waals surface area contributed by atoms with Gasteiger partial charge in [-0.05, 0) is 53.4 Å². The Labute approximate surface area is 128 Å². The zero-order valence-electron chi connectivity index (χ0n) is 10.7. The summed E-state index contributed by atoms with van der Waals surface area (Å²) in [4.78, 5) is 8.22. The van der Waals surface area contributed by atoms with Crippen LogP contribution >= 0.6 is 27.7 Å². The SMILES string of the molecule is Nc1ncc(Br)c(Sc2nnc(C3CC3)n2C2CC2)n1. The molecular formula is C12H13BrN6S. The molecule has 2 N–H and O–H groups in total. The van der Waals surface area contributed by atoms with Gasteiger partial charge in [0.1, 0.15) is 10.9 Å². The van der Waals surface area contributed by atoms with Crippen LogP contribution in [0.3, 0.4) is 0 Å². The standard InChI is InChI=1S/C12H13BrN6S/c13-8-5-15-11(14)16-10(8)20-12-18-17-9(6-1-2-6)19(12)7-3-4-7/h5-7H,1-4H2,(H2,14,15,16). The molecule has 0 radical (unpaired) electrons. The molecule has 0 saturated heterocycles. The second kappa shape index (κ2) is 4.70. The van der Waals surface area contributed by atoms with Crippen molar-refractivity contribution in [1.82, 2.24) is 24.7 Å². The molecule has 0 amide bonds. The van der Waals surface area contributed by atoms with Crippen molar-refractivity contribution in [1.29, 1.82) is 0 Å². The van der Waals surface area contributed by atoms with E-state index in [2.05, 4.69) is 40.7 Å². The third-order valence-corrected chi connectivity index (χ3v) is 5.27. The van der Waals surface area contributed by atoms with Crippen molar-refractivity contribution in [2.45, 2.75) is 47.8 Å². The van der Waals surface area contributed by atoms with Gasteiger partial charge in [0.25, 0.3) is 0 Å². The van der Waals surface area contributed by atoms with Crippen molar-refractivity contribution in [3.8, 4) is 0 Å². The monoisotopic (exact) mass is 352 g/mol. The summed E-state index contributed by atoms with van der Waals surface area (Å²) in [5.41, 5.74) is 5.66. The van der Waals surface area contributed by atoms with E-state index >= 15 is 0 Å². The molecule has 0 aromatic carbocycles. The number of rotatable bonds is 4. The number of anilines is 1. The van der Waals surface area contributed by atoms with Crippen LogP contribution in [0.1, 0.15) is 43.5 Å². The van der Waals surface area contributed by atoms with E-state index in [1.165, 1.54) is 37.4 Å². The van der Waals surface area contributed by atoms with Gasteiger partial charge in [-0.2, -0.15) is 0 Å². The van der Waals surface area contributed by atoms with Crippen LogP contribution in [0.4, 0.5) is 5.95 Å². The Bertz CT molecular complexity index is 664. The molecule has 2 aliphatic carbocycles. The number of halogens is 1. The van der Waals surface area contributed by atoms with Crippen molar-refractivity contribution >= 4 is 33.6 Å². The van der Waals surface area contributed by atoms with Crippen LogP contribution in [-0.2, 0) is 0 Å². The van der Waals surface area contributed by atoms with Gasteiger partial charge in [0.15, 0.2) is 5.16 Å². The summed E-state index contributed by atoms with van der Waals surface area (Å²) in [5, 5.41) is 10.4. The molecule has 0 unspecified atom stereocenters. The number of hydrogen-bond donors (Lipinski definition) is 1. The van der Waals surface area contributed by atoms with Gasteiger partial charge in [-0.25, -0.2) is 9.97 Å². The zero-order valence-corrected chi connectivity index (χ0v) is 13.1. The van der Waals surface area contributed by atoms with E-state index in [-0.39, 0.29) is 5.95 Å². The first-order valence-corrected chi connectivity index (χ1v) is 8.24. The van der Waals surface area contributed by atoms with E-state index < -0.39 is 0 Å². The summed E-state index contributed by atoms with van der Waals surface area (Å²) in [6.45, 7) is 0. The van der Waals surface area contributed by atoms with Gasteiger partial charge in [0.2, 0.25) is 5.95 Å². The Kier molecular flexibility index (Phi) is 2.95. The van der Waals surface area contributed by atoms with E-state index in [1.54, 1.807) is 6.20 Å². The first-order chi connectivity index (χ1) is 9.72. The highest BCUT2D eigenvalue weighted by molar-refractivity contribution is 9.10. The Morgan fingerprint density at radius 1 is 1.25 bits per heavy atom. The van der Waals surface area contributed by atoms with Crippen molar-refractivity contribution in [2.75, 3.05) is 5.73 Å². The summed E-state index contributed by atoms with van der Waals surface area (Å²) >= 11 is 4.96. The van der Waals surface area contributed by atoms with Crippen LogP contribution < -0.4 is 5.73 Å². The van der Waals surface area contributed by atoms with Crippen LogP contribution in [0.25, 0.3) is 0 Å². The average molecular weight is 353 g/mol. The van der Waals surface area contributed by atoms with Crippen molar-refractivity contribution in [2.24, 2.45) is 0 Å². The van der Waals surface area contributed by atoms with E-state index in [4.69, 9.17) is 5.73 Å². The summed E-state index contributed by atoms with van der Waals surface area (Å²) in [7, 11) is 0. The number of aromatic nitrogens is 5. The maximum Gasteiger partial charge on any atom is 0.221 e. The topological polar surface area (TPSA) is 82.5 Å². The second-order valence-electron chi connectivity index (χ2n) is 5.20. The van der Waals surface area contributed by atoms with Crippen molar-refractivity contribution in [3.63, 3.8) is 0 Å². The minimum absolute atomic E-state index is 0.274. The van der Waals surface area contributed by atoms with Gasteiger partial charge in [0, 0.05) is 18.2 Å². The molecule has 2 aliphatic rings. The van der Waals surface area contributed by atoms with E-state index in [0.717, 1.165) is 20.5 Å². The summed E-state index contributed by atoms with van der Waals surface area (Å²) < 4.78 is 3.13. The van der Waals surface area contributed by atoms with E-state index in [0.29, 0.717) is 12.0 Å². The molecule has 2 aromatic rings. The van der Waals surface area contributed by atoms with Gasteiger partial charge in [-0.15, -0.1) is 10.2 Å². The predicted molar refractivity (Wildman–Crippen MR) is 78.5 cm³/mol. The molecule has 0 aliphatic heterocycles. The average Bonchev–Trinajstić information content (AvgIpc) is 3.33. The smallest absolute Gasteiger partial charge is 0.221 e. The Morgan fingerprint density at radius 2 is 2.05 bits per heavy atom. The molecule has 2 aromatic heterocycles. The third kappa shape index (κ3) is 2.31. The fourth-order valence-corrected chi connectivity index (χ4v) is 3.49. The molecule has 4 rings (SSSR count). The Morgan fingerprint density at radius 3 is 2.75 bits per heavy atom. The fraction of sp³-hybridized carbons (Fsp3) is 0.500. The minimum Gasteiger partial charge on any atom is -0.368 e. The lowest BCUT2D eigenvalue weighted by Crippen LogP contribution is -2.02. The first kappa shape index (κ1) is 12.6. The maximum atomic E-state index is 5.66. The van der Waals surface area contributed by atoms with Gasteiger partial charge in [0.05, 0.1) is 4.47 Å². The van der Waals surface area contributed by atoms with E-state index in [1.807, 2.05) is 0 Å². The Balaban J connectivity index is 1.70. The van der Waals surface area contributed by atoms with Gasteiger partial charge in [-0.1, -0.05) is 0 Å². The summed E-state index contributed by atoms with van der Waals surface area (Å²) in [6.07, 6.45) is 6.58. The maximum absolute atomic E-state index is 5.66. The van der Waals surface area contributed by atoms with Crippen LogP contribution in [0.5, 0.6) is 0 Å². The second-order valence-corrected chi connectivity index (χ2v) is 7.01. The van der Waals surface area contributed by atoms with Crippen LogP contribution in [0, 0.1) is 0 Å². The predicted octanol–water partition coefficient (Wildman–Crippen LogP) is 2.78. The molecule has 20 heavy (non-hydrogen) atoms. The molecule has 0 spiro atoms. The lowest BCUT2D eigenvalue weighted by atomic mass is 10.4. The molecule has 2 fully saturated rings. The third-order valence-electron chi connectivity index (χ3n) is 3.46. The lowest BCUT2D eigenvalue weighted by Gasteiger charge is -2.08. The van der Waals surface area contributed by atoms with Gasteiger partial charge >= 0.3 is 0 Å². The molecule has 6 nitrogen and oxygen atoms in total. The van der Waals surface area contributed by atoms with E-state index in [9.17, 15) is 0 Å².